The minimum atomic E-state index is -3.77. The zero-order valence-corrected chi connectivity index (χ0v) is 15.3. The molecule has 6 nitrogen and oxygen atoms in total. The number of rotatable bonds is 5. The van der Waals surface area contributed by atoms with Crippen molar-refractivity contribution in [2.24, 2.45) is 0 Å². The van der Waals surface area contributed by atoms with Gasteiger partial charge in [-0.2, -0.15) is 0 Å². The summed E-state index contributed by atoms with van der Waals surface area (Å²) in [5, 5.41) is 0. The molecule has 0 unspecified atom stereocenters. The first kappa shape index (κ1) is 17.5. The van der Waals surface area contributed by atoms with Gasteiger partial charge in [0.2, 0.25) is 0 Å². The number of ether oxygens (including phenoxy) is 1. The normalized spacial score (nSPS) is 15.0. The molecule has 0 radical (unpaired) electrons. The average Bonchev–Trinajstić information content (AvgIpc) is 2.63. The molecule has 134 valence electrons. The largest absolute Gasteiger partial charge is 0.495 e. The molecule has 1 aliphatic heterocycles. The van der Waals surface area contributed by atoms with Crippen LogP contribution in [0.1, 0.15) is 24.8 Å². The first-order valence-electron chi connectivity index (χ1n) is 8.38. The number of hydrogen-bond acceptors (Lipinski definition) is 5. The first-order chi connectivity index (χ1) is 12.0. The van der Waals surface area contributed by atoms with Crippen molar-refractivity contribution in [2.75, 3.05) is 29.8 Å². The van der Waals surface area contributed by atoms with Crippen LogP contribution in [0.25, 0.3) is 0 Å². The van der Waals surface area contributed by atoms with Gasteiger partial charge in [-0.3, -0.25) is 4.72 Å². The molecule has 2 aromatic rings. The maximum Gasteiger partial charge on any atom is 0.266 e. The van der Waals surface area contributed by atoms with Crippen LogP contribution < -0.4 is 14.4 Å². The van der Waals surface area contributed by atoms with E-state index in [9.17, 15) is 8.42 Å². The smallest absolute Gasteiger partial charge is 0.266 e. The van der Waals surface area contributed by atoms with Crippen molar-refractivity contribution >= 4 is 21.5 Å². The summed E-state index contributed by atoms with van der Waals surface area (Å²) in [7, 11) is -2.31. The van der Waals surface area contributed by atoms with Gasteiger partial charge in [0, 0.05) is 13.1 Å². The summed E-state index contributed by atoms with van der Waals surface area (Å²) in [6, 6.07) is 8.65. The molecule has 0 bridgehead atoms. The highest BCUT2D eigenvalue weighted by Gasteiger charge is 2.20. The Morgan fingerprint density at radius 2 is 1.88 bits per heavy atom. The van der Waals surface area contributed by atoms with Gasteiger partial charge in [0.15, 0.2) is 0 Å². The molecular formula is C18H23N3O3S. The topological polar surface area (TPSA) is 71.5 Å². The Kier molecular flexibility index (Phi) is 5.13. The predicted octanol–water partition coefficient (Wildman–Crippen LogP) is 3.19. The molecule has 1 fully saturated rings. The number of hydrogen-bond donors (Lipinski definition) is 1. The summed E-state index contributed by atoms with van der Waals surface area (Å²) in [4.78, 5) is 6.65. The molecule has 0 aliphatic carbocycles. The summed E-state index contributed by atoms with van der Waals surface area (Å²) in [6.07, 6.45) is 5.35. The van der Waals surface area contributed by atoms with E-state index in [1.165, 1.54) is 26.4 Å². The molecule has 0 saturated carbocycles. The molecule has 1 aromatic heterocycles. The number of aryl methyl sites for hydroxylation is 1. The second-order valence-electron chi connectivity index (χ2n) is 6.21. The van der Waals surface area contributed by atoms with E-state index in [0.29, 0.717) is 11.6 Å². The summed E-state index contributed by atoms with van der Waals surface area (Å²) in [5.41, 5.74) is 1.87. The molecule has 0 amide bonds. The van der Waals surface area contributed by atoms with Crippen LogP contribution in [-0.4, -0.2) is 33.6 Å². The minimum Gasteiger partial charge on any atom is -0.495 e. The Morgan fingerprint density at radius 1 is 1.12 bits per heavy atom. The Bertz CT molecular complexity index is 829. The Morgan fingerprint density at radius 3 is 2.52 bits per heavy atom. The summed E-state index contributed by atoms with van der Waals surface area (Å²) >= 11 is 0. The maximum absolute atomic E-state index is 12.7. The Labute approximate surface area is 148 Å². The number of aromatic nitrogens is 1. The lowest BCUT2D eigenvalue weighted by molar-refractivity contribution is 0.402. The first-order valence-corrected chi connectivity index (χ1v) is 9.86. The molecule has 2 heterocycles. The Hall–Kier alpha value is -2.28. The van der Waals surface area contributed by atoms with E-state index in [4.69, 9.17) is 4.74 Å². The molecular weight excluding hydrogens is 338 g/mol. The van der Waals surface area contributed by atoms with Crippen LogP contribution in [0.4, 0.5) is 11.5 Å². The fourth-order valence-electron chi connectivity index (χ4n) is 2.97. The van der Waals surface area contributed by atoms with Crippen molar-refractivity contribution in [3.8, 4) is 5.75 Å². The number of nitrogens with zero attached hydrogens (tertiary/aromatic N) is 2. The molecule has 1 aromatic carbocycles. The second-order valence-corrected chi connectivity index (χ2v) is 7.86. The van der Waals surface area contributed by atoms with E-state index in [1.807, 2.05) is 19.1 Å². The van der Waals surface area contributed by atoms with Gasteiger partial charge in [-0.1, -0.05) is 6.07 Å². The van der Waals surface area contributed by atoms with Gasteiger partial charge in [0.25, 0.3) is 10.0 Å². The molecule has 3 rings (SSSR count). The molecule has 1 saturated heterocycles. The lowest BCUT2D eigenvalue weighted by Crippen LogP contribution is -2.29. The van der Waals surface area contributed by atoms with E-state index in [0.717, 1.165) is 24.3 Å². The quantitative estimate of drug-likeness (QED) is 0.885. The van der Waals surface area contributed by atoms with Crippen LogP contribution in [0.5, 0.6) is 5.75 Å². The van der Waals surface area contributed by atoms with E-state index < -0.39 is 10.0 Å². The highest BCUT2D eigenvalue weighted by molar-refractivity contribution is 7.92. The standard InChI is InChI=1S/C18H23N3O3S/c1-14-6-8-16(24-2)17(12-14)25(22,23)20-18-9-7-15(13-19-18)21-10-4-3-5-11-21/h6-9,12-13H,3-5,10-11H2,1-2H3,(H,19,20). The highest BCUT2D eigenvalue weighted by atomic mass is 32.2. The average molecular weight is 361 g/mol. The van der Waals surface area contributed by atoms with E-state index >= 15 is 0 Å². The van der Waals surface area contributed by atoms with Crippen LogP contribution in [0.3, 0.4) is 0 Å². The van der Waals surface area contributed by atoms with Crippen LogP contribution in [0.15, 0.2) is 41.4 Å². The summed E-state index contributed by atoms with van der Waals surface area (Å²) in [6.45, 7) is 3.88. The number of anilines is 2. The molecule has 25 heavy (non-hydrogen) atoms. The zero-order chi connectivity index (χ0) is 17.9. The van der Waals surface area contributed by atoms with Crippen molar-refractivity contribution < 1.29 is 13.2 Å². The van der Waals surface area contributed by atoms with Gasteiger partial charge in [-0.25, -0.2) is 13.4 Å². The van der Waals surface area contributed by atoms with Crippen LogP contribution >= 0.6 is 0 Å². The van der Waals surface area contributed by atoms with E-state index in [-0.39, 0.29) is 4.90 Å². The zero-order valence-electron chi connectivity index (χ0n) is 14.5. The molecule has 1 aliphatic rings. The molecule has 7 heteroatoms. The number of sulfonamides is 1. The van der Waals surface area contributed by atoms with Gasteiger partial charge in [0.05, 0.1) is 19.0 Å². The van der Waals surface area contributed by atoms with Gasteiger partial charge in [0.1, 0.15) is 16.5 Å². The third kappa shape index (κ3) is 4.04. The summed E-state index contributed by atoms with van der Waals surface area (Å²) < 4.78 is 33.1. The SMILES string of the molecule is COc1ccc(C)cc1S(=O)(=O)Nc1ccc(N2CCCCC2)cn1. The van der Waals surface area contributed by atoms with Gasteiger partial charge in [-0.05, 0) is 56.0 Å². The molecule has 1 N–H and O–H groups in total. The van der Waals surface area contributed by atoms with E-state index in [1.54, 1.807) is 24.4 Å². The predicted molar refractivity (Wildman–Crippen MR) is 98.8 cm³/mol. The lowest BCUT2D eigenvalue weighted by Gasteiger charge is -2.28. The molecule has 0 atom stereocenters. The van der Waals surface area contributed by atoms with Crippen molar-refractivity contribution in [3.63, 3.8) is 0 Å². The highest BCUT2D eigenvalue weighted by Crippen LogP contribution is 2.27. The third-order valence-electron chi connectivity index (χ3n) is 4.32. The number of benzene rings is 1. The fourth-order valence-corrected chi connectivity index (χ4v) is 4.24. The monoisotopic (exact) mass is 361 g/mol. The maximum atomic E-state index is 12.7. The second kappa shape index (κ2) is 7.31. The molecule has 0 spiro atoms. The number of methoxy groups -OCH3 is 1. The van der Waals surface area contributed by atoms with Crippen molar-refractivity contribution in [3.05, 3.63) is 42.1 Å². The van der Waals surface area contributed by atoms with Crippen LogP contribution in [0.2, 0.25) is 0 Å². The van der Waals surface area contributed by atoms with Crippen LogP contribution in [-0.2, 0) is 10.0 Å². The van der Waals surface area contributed by atoms with Crippen molar-refractivity contribution in [1.82, 2.24) is 4.98 Å². The number of pyridine rings is 1. The third-order valence-corrected chi connectivity index (χ3v) is 5.69. The number of nitrogens with one attached hydrogen (secondary N) is 1. The van der Waals surface area contributed by atoms with E-state index in [2.05, 4.69) is 14.6 Å². The number of piperidine rings is 1. The minimum absolute atomic E-state index is 0.108. The fraction of sp³-hybridized carbons (Fsp3) is 0.389. The van der Waals surface area contributed by atoms with Gasteiger partial charge < -0.3 is 9.64 Å². The van der Waals surface area contributed by atoms with Crippen molar-refractivity contribution in [2.45, 2.75) is 31.1 Å². The lowest BCUT2D eigenvalue weighted by atomic mass is 10.1. The van der Waals surface area contributed by atoms with Crippen LogP contribution in [0, 0.1) is 6.92 Å². The van der Waals surface area contributed by atoms with Gasteiger partial charge >= 0.3 is 0 Å². The summed E-state index contributed by atoms with van der Waals surface area (Å²) in [5.74, 6) is 0.604. The van der Waals surface area contributed by atoms with Gasteiger partial charge in [-0.15, -0.1) is 0 Å². The Balaban J connectivity index is 1.80. The van der Waals surface area contributed by atoms with Crippen molar-refractivity contribution in [1.29, 1.82) is 0 Å².